The summed E-state index contributed by atoms with van der Waals surface area (Å²) in [6.07, 6.45) is 0. The van der Waals surface area contributed by atoms with Crippen molar-refractivity contribution in [2.45, 2.75) is 6.92 Å². The maximum Gasteiger partial charge on any atom is 0.0541 e. The van der Waals surface area contributed by atoms with Gasteiger partial charge in [0.2, 0.25) is 0 Å². The Morgan fingerprint density at radius 1 is 0.545 bits per heavy atom. The number of hydrogen-bond acceptors (Lipinski definition) is 1. The third kappa shape index (κ3) is 2.78. The monoisotopic (exact) mass is 439 g/mol. The molecule has 0 atom stereocenters. The van der Waals surface area contributed by atoms with Gasteiger partial charge >= 0.3 is 0 Å². The highest BCUT2D eigenvalue weighted by Gasteiger charge is 2.14. The van der Waals surface area contributed by atoms with Crippen molar-refractivity contribution in [1.29, 1.82) is 0 Å². The molecule has 33 heavy (non-hydrogen) atoms. The van der Waals surface area contributed by atoms with Crippen LogP contribution in [0, 0.1) is 6.92 Å². The number of hydrogen-bond donors (Lipinski definition) is 0. The Kier molecular flexibility index (Phi) is 3.99. The van der Waals surface area contributed by atoms with Crippen molar-refractivity contribution in [3.05, 3.63) is 115 Å². The smallest absolute Gasteiger partial charge is 0.0541 e. The minimum Gasteiger partial charge on any atom is -0.309 e. The second kappa shape index (κ2) is 7.06. The molecule has 0 saturated heterocycles. The van der Waals surface area contributed by atoms with Gasteiger partial charge in [-0.15, -0.1) is 11.3 Å². The molecule has 2 aromatic heterocycles. The van der Waals surface area contributed by atoms with Crippen LogP contribution in [-0.2, 0) is 0 Å². The largest absolute Gasteiger partial charge is 0.309 e. The van der Waals surface area contributed by atoms with Crippen LogP contribution in [0.4, 0.5) is 0 Å². The summed E-state index contributed by atoms with van der Waals surface area (Å²) in [4.78, 5) is 0. The summed E-state index contributed by atoms with van der Waals surface area (Å²) in [5.74, 6) is 0. The number of nitrogens with zero attached hydrogens (tertiary/aromatic N) is 1. The molecular formula is C31H21NS. The van der Waals surface area contributed by atoms with Crippen LogP contribution in [0.3, 0.4) is 0 Å². The number of rotatable bonds is 2. The Labute approximate surface area is 196 Å². The lowest BCUT2D eigenvalue weighted by Crippen LogP contribution is -1.92. The van der Waals surface area contributed by atoms with Gasteiger partial charge in [0.15, 0.2) is 0 Å². The number of fused-ring (bicyclic) bond motifs is 6. The Bertz CT molecular complexity index is 1820. The highest BCUT2D eigenvalue weighted by Crippen LogP contribution is 2.39. The number of benzene rings is 5. The molecule has 0 N–H and O–H groups in total. The standard InChI is InChI=1S/C31H21NS/c1-20-8-7-13-30-31(20)26-19-22(15-17-29(26)33-30)21-14-16-28-25(18-21)24-11-5-6-12-27(24)32(28)23-9-3-2-4-10-23/h2-19H,1H3. The number of thiophene rings is 1. The van der Waals surface area contributed by atoms with Gasteiger partial charge in [0.25, 0.3) is 0 Å². The van der Waals surface area contributed by atoms with Gasteiger partial charge in [-0.2, -0.15) is 0 Å². The van der Waals surface area contributed by atoms with Crippen LogP contribution in [0.1, 0.15) is 5.56 Å². The summed E-state index contributed by atoms with van der Waals surface area (Å²) < 4.78 is 5.08. The summed E-state index contributed by atoms with van der Waals surface area (Å²) >= 11 is 1.88. The summed E-state index contributed by atoms with van der Waals surface area (Å²) in [7, 11) is 0. The van der Waals surface area contributed by atoms with E-state index in [2.05, 4.69) is 121 Å². The molecule has 0 bridgehead atoms. The van der Waals surface area contributed by atoms with E-state index in [-0.39, 0.29) is 0 Å². The van der Waals surface area contributed by atoms with Crippen molar-refractivity contribution in [1.82, 2.24) is 4.57 Å². The molecule has 7 aromatic rings. The average molecular weight is 440 g/mol. The Balaban J connectivity index is 1.49. The molecule has 0 fully saturated rings. The average Bonchev–Trinajstić information content (AvgIpc) is 3.40. The molecule has 0 unspecified atom stereocenters. The topological polar surface area (TPSA) is 4.93 Å². The quantitative estimate of drug-likeness (QED) is 0.253. The van der Waals surface area contributed by atoms with Gasteiger partial charge in [0.1, 0.15) is 0 Å². The van der Waals surface area contributed by atoms with Crippen LogP contribution in [-0.4, -0.2) is 4.57 Å². The van der Waals surface area contributed by atoms with Gasteiger partial charge in [0.05, 0.1) is 11.0 Å². The lowest BCUT2D eigenvalue weighted by Gasteiger charge is -2.08. The summed E-state index contributed by atoms with van der Waals surface area (Å²) in [5.41, 5.74) is 7.54. The van der Waals surface area contributed by atoms with Crippen LogP contribution in [0.15, 0.2) is 109 Å². The van der Waals surface area contributed by atoms with Gasteiger partial charge in [-0.3, -0.25) is 0 Å². The molecule has 1 nitrogen and oxygen atoms in total. The maximum atomic E-state index is 2.37. The van der Waals surface area contributed by atoms with Crippen LogP contribution in [0.25, 0.3) is 58.8 Å². The van der Waals surface area contributed by atoms with Crippen molar-refractivity contribution in [3.8, 4) is 16.8 Å². The predicted octanol–water partition coefficient (Wildman–Crippen LogP) is 9.13. The second-order valence-corrected chi connectivity index (χ2v) is 9.76. The Morgan fingerprint density at radius 3 is 2.15 bits per heavy atom. The minimum atomic E-state index is 1.19. The van der Waals surface area contributed by atoms with Crippen LogP contribution in [0.2, 0.25) is 0 Å². The van der Waals surface area contributed by atoms with Gasteiger partial charge in [-0.05, 0) is 72.1 Å². The first-order valence-electron chi connectivity index (χ1n) is 11.3. The molecule has 2 heterocycles. The van der Waals surface area contributed by atoms with Crippen molar-refractivity contribution in [2.75, 3.05) is 0 Å². The fourth-order valence-electron chi connectivity index (χ4n) is 5.19. The molecule has 0 amide bonds. The third-order valence-corrected chi connectivity index (χ3v) is 7.86. The van der Waals surface area contributed by atoms with Gasteiger partial charge in [-0.1, -0.05) is 60.7 Å². The van der Waals surface area contributed by atoms with Gasteiger partial charge < -0.3 is 4.57 Å². The van der Waals surface area contributed by atoms with Gasteiger partial charge in [-0.25, -0.2) is 0 Å². The lowest BCUT2D eigenvalue weighted by atomic mass is 9.99. The van der Waals surface area contributed by atoms with E-state index in [1.54, 1.807) is 0 Å². The molecule has 7 rings (SSSR count). The minimum absolute atomic E-state index is 1.19. The normalized spacial score (nSPS) is 11.8. The summed E-state index contributed by atoms with van der Waals surface area (Å²) in [5, 5.41) is 5.33. The maximum absolute atomic E-state index is 2.37. The zero-order valence-electron chi connectivity index (χ0n) is 18.2. The number of aromatic nitrogens is 1. The highest BCUT2D eigenvalue weighted by atomic mass is 32.1. The predicted molar refractivity (Wildman–Crippen MR) is 144 cm³/mol. The SMILES string of the molecule is Cc1cccc2sc3ccc(-c4ccc5c(c4)c4ccccc4n5-c4ccccc4)cc3c12. The Morgan fingerprint density at radius 2 is 1.27 bits per heavy atom. The molecule has 5 aromatic carbocycles. The molecule has 0 saturated carbocycles. The second-order valence-electron chi connectivity index (χ2n) is 8.68. The molecule has 0 radical (unpaired) electrons. The number of aryl methyl sites for hydroxylation is 1. The zero-order chi connectivity index (χ0) is 21.9. The molecule has 156 valence electrons. The first kappa shape index (κ1) is 18.7. The van der Waals surface area contributed by atoms with Crippen molar-refractivity contribution in [2.24, 2.45) is 0 Å². The van der Waals surface area contributed by atoms with E-state index in [9.17, 15) is 0 Å². The fraction of sp³-hybridized carbons (Fsp3) is 0.0323. The third-order valence-electron chi connectivity index (χ3n) is 6.72. The van der Waals surface area contributed by atoms with E-state index in [0.29, 0.717) is 0 Å². The van der Waals surface area contributed by atoms with E-state index in [4.69, 9.17) is 0 Å². The van der Waals surface area contributed by atoms with Gasteiger partial charge in [0, 0.05) is 36.6 Å². The van der Waals surface area contributed by atoms with E-state index in [1.807, 2.05) is 11.3 Å². The molecule has 0 spiro atoms. The lowest BCUT2D eigenvalue weighted by molar-refractivity contribution is 1.18. The van der Waals surface area contributed by atoms with Crippen molar-refractivity contribution >= 4 is 53.3 Å². The van der Waals surface area contributed by atoms with Crippen LogP contribution in [0.5, 0.6) is 0 Å². The Hall–Kier alpha value is -3.88. The van der Waals surface area contributed by atoms with Crippen LogP contribution >= 0.6 is 11.3 Å². The van der Waals surface area contributed by atoms with E-state index in [0.717, 1.165) is 0 Å². The first-order chi connectivity index (χ1) is 16.3. The van der Waals surface area contributed by atoms with E-state index in [1.165, 1.54) is 64.4 Å². The summed E-state index contributed by atoms with van der Waals surface area (Å²) in [6, 6.07) is 39.8. The van der Waals surface area contributed by atoms with E-state index >= 15 is 0 Å². The van der Waals surface area contributed by atoms with Crippen LogP contribution < -0.4 is 0 Å². The van der Waals surface area contributed by atoms with Crippen molar-refractivity contribution in [3.63, 3.8) is 0 Å². The van der Waals surface area contributed by atoms with Crippen molar-refractivity contribution < 1.29 is 0 Å². The number of para-hydroxylation sites is 2. The molecule has 2 heteroatoms. The zero-order valence-corrected chi connectivity index (χ0v) is 19.1. The molecule has 0 aliphatic carbocycles. The fourth-order valence-corrected chi connectivity index (χ4v) is 6.35. The molecular weight excluding hydrogens is 418 g/mol. The summed E-state index contributed by atoms with van der Waals surface area (Å²) in [6.45, 7) is 2.21. The first-order valence-corrected chi connectivity index (χ1v) is 12.1. The molecule has 0 aliphatic rings. The molecule has 0 aliphatic heterocycles. The van der Waals surface area contributed by atoms with E-state index < -0.39 is 0 Å². The highest BCUT2D eigenvalue weighted by molar-refractivity contribution is 7.25.